The molecule has 7 heteroatoms. The van der Waals surface area contributed by atoms with Gasteiger partial charge in [0.05, 0.1) is 17.2 Å². The zero-order valence-corrected chi connectivity index (χ0v) is 14.1. The number of thiocarbonyl (C=S) groups is 1. The zero-order chi connectivity index (χ0) is 18.0. The van der Waals surface area contributed by atoms with Crippen molar-refractivity contribution < 1.29 is 13.6 Å². The number of nitrogens with one attached hydrogen (secondary N) is 3. The third kappa shape index (κ3) is 3.51. The molecule has 1 atom stereocenters. The summed E-state index contributed by atoms with van der Waals surface area (Å²) in [6.45, 7) is 1.64. The highest BCUT2D eigenvalue weighted by atomic mass is 32.1. The van der Waals surface area contributed by atoms with Crippen molar-refractivity contribution in [1.29, 1.82) is 0 Å². The van der Waals surface area contributed by atoms with Crippen LogP contribution in [0.5, 0.6) is 0 Å². The lowest BCUT2D eigenvalue weighted by atomic mass is 9.94. The summed E-state index contributed by atoms with van der Waals surface area (Å²) in [5, 5.41) is 8.54. The number of hydrogen-bond acceptors (Lipinski definition) is 2. The van der Waals surface area contributed by atoms with Gasteiger partial charge in [0.25, 0.3) is 5.91 Å². The van der Waals surface area contributed by atoms with Crippen molar-refractivity contribution in [1.82, 2.24) is 10.6 Å². The summed E-state index contributed by atoms with van der Waals surface area (Å²) in [5.41, 5.74) is 0.934. The highest BCUT2D eigenvalue weighted by Crippen LogP contribution is 2.31. The Kier molecular flexibility index (Phi) is 4.76. The van der Waals surface area contributed by atoms with E-state index in [1.807, 2.05) is 6.07 Å². The molecule has 1 unspecified atom stereocenters. The summed E-state index contributed by atoms with van der Waals surface area (Å²) >= 11 is 5.08. The van der Waals surface area contributed by atoms with Gasteiger partial charge >= 0.3 is 0 Å². The Morgan fingerprint density at radius 3 is 2.36 bits per heavy atom. The molecule has 2 aromatic carbocycles. The summed E-state index contributed by atoms with van der Waals surface area (Å²) in [6, 6.07) is 11.4. The molecule has 0 saturated heterocycles. The van der Waals surface area contributed by atoms with E-state index in [9.17, 15) is 13.6 Å². The van der Waals surface area contributed by atoms with Crippen molar-refractivity contribution in [2.75, 3.05) is 5.32 Å². The molecule has 0 radical (unpaired) electrons. The van der Waals surface area contributed by atoms with Gasteiger partial charge in [0.15, 0.2) is 5.11 Å². The maximum absolute atomic E-state index is 14.3. The fourth-order valence-electron chi connectivity index (χ4n) is 2.72. The predicted molar refractivity (Wildman–Crippen MR) is 95.7 cm³/mol. The molecular formula is C18H15F2N3OS. The van der Waals surface area contributed by atoms with Crippen molar-refractivity contribution >= 4 is 28.9 Å². The van der Waals surface area contributed by atoms with Gasteiger partial charge in [-0.05, 0) is 43.4 Å². The molecule has 1 heterocycles. The molecule has 3 rings (SSSR count). The molecule has 2 aromatic rings. The number of benzene rings is 2. The fourth-order valence-corrected chi connectivity index (χ4v) is 2.99. The second-order valence-corrected chi connectivity index (χ2v) is 5.93. The predicted octanol–water partition coefficient (Wildman–Crippen LogP) is 3.40. The van der Waals surface area contributed by atoms with Crippen molar-refractivity contribution in [3.63, 3.8) is 0 Å². The molecule has 3 N–H and O–H groups in total. The standard InChI is InChI=1S/C18H15F2N3OS/c1-10-14(17(24)22-11-6-3-2-4-7-11)16(23-18(25)21-10)15-12(19)8-5-9-13(15)20/h2-9,16H,1H3,(H,22,24)(H2,21,23,25). The smallest absolute Gasteiger partial charge is 0.255 e. The van der Waals surface area contributed by atoms with E-state index in [-0.39, 0.29) is 16.2 Å². The molecule has 1 aliphatic rings. The minimum Gasteiger partial charge on any atom is -0.351 e. The van der Waals surface area contributed by atoms with Crippen molar-refractivity contribution in [3.05, 3.63) is 77.0 Å². The van der Waals surface area contributed by atoms with Gasteiger partial charge in [-0.2, -0.15) is 0 Å². The number of anilines is 1. The molecule has 0 aliphatic carbocycles. The lowest BCUT2D eigenvalue weighted by Crippen LogP contribution is -2.46. The third-order valence-electron chi connectivity index (χ3n) is 3.83. The van der Waals surface area contributed by atoms with Gasteiger partial charge in [-0.25, -0.2) is 8.78 Å². The maximum atomic E-state index is 14.3. The van der Waals surface area contributed by atoms with Crippen LogP contribution in [0, 0.1) is 11.6 Å². The Balaban J connectivity index is 2.02. The van der Waals surface area contributed by atoms with Crippen molar-refractivity contribution in [2.45, 2.75) is 13.0 Å². The molecular weight excluding hydrogens is 344 g/mol. The van der Waals surface area contributed by atoms with Crippen LogP contribution >= 0.6 is 12.2 Å². The Hall–Kier alpha value is -2.80. The summed E-state index contributed by atoms with van der Waals surface area (Å²) in [6.07, 6.45) is 0. The number of para-hydroxylation sites is 1. The van der Waals surface area contributed by atoms with Gasteiger partial charge < -0.3 is 16.0 Å². The van der Waals surface area contributed by atoms with E-state index in [0.29, 0.717) is 11.4 Å². The quantitative estimate of drug-likeness (QED) is 0.736. The summed E-state index contributed by atoms with van der Waals surface area (Å²) in [7, 11) is 0. The average molecular weight is 359 g/mol. The van der Waals surface area contributed by atoms with E-state index in [1.165, 1.54) is 6.07 Å². The van der Waals surface area contributed by atoms with E-state index in [4.69, 9.17) is 12.2 Å². The highest BCUT2D eigenvalue weighted by Gasteiger charge is 2.33. The molecule has 0 bridgehead atoms. The number of carbonyl (C=O) groups excluding carboxylic acids is 1. The van der Waals surface area contributed by atoms with Crippen LogP contribution < -0.4 is 16.0 Å². The van der Waals surface area contributed by atoms with E-state index in [0.717, 1.165) is 12.1 Å². The highest BCUT2D eigenvalue weighted by molar-refractivity contribution is 7.80. The molecule has 25 heavy (non-hydrogen) atoms. The second kappa shape index (κ2) is 6.98. The summed E-state index contributed by atoms with van der Waals surface area (Å²) in [4.78, 5) is 12.8. The number of carbonyl (C=O) groups is 1. The van der Waals surface area contributed by atoms with Crippen LogP contribution in [0.2, 0.25) is 0 Å². The van der Waals surface area contributed by atoms with Crippen LogP contribution in [-0.4, -0.2) is 11.0 Å². The average Bonchev–Trinajstić information content (AvgIpc) is 2.55. The Morgan fingerprint density at radius 1 is 1.08 bits per heavy atom. The fraction of sp³-hybridized carbons (Fsp3) is 0.111. The van der Waals surface area contributed by atoms with Crippen LogP contribution in [0.1, 0.15) is 18.5 Å². The second-order valence-electron chi connectivity index (χ2n) is 5.53. The maximum Gasteiger partial charge on any atom is 0.255 e. The first-order valence-electron chi connectivity index (χ1n) is 7.56. The number of hydrogen-bond donors (Lipinski definition) is 3. The monoisotopic (exact) mass is 359 g/mol. The summed E-state index contributed by atoms with van der Waals surface area (Å²) < 4.78 is 28.5. The normalized spacial score (nSPS) is 16.9. The van der Waals surface area contributed by atoms with Crippen LogP contribution in [0.15, 0.2) is 59.8 Å². The van der Waals surface area contributed by atoms with Gasteiger partial charge in [0.1, 0.15) is 11.6 Å². The van der Waals surface area contributed by atoms with Crippen LogP contribution in [0.3, 0.4) is 0 Å². The number of halogens is 2. The third-order valence-corrected chi connectivity index (χ3v) is 4.05. The van der Waals surface area contributed by atoms with Gasteiger partial charge in [-0.1, -0.05) is 24.3 Å². The molecule has 0 aromatic heterocycles. The Labute approximate surface area is 148 Å². The van der Waals surface area contributed by atoms with Gasteiger partial charge in [-0.3, -0.25) is 4.79 Å². The molecule has 1 aliphatic heterocycles. The molecule has 0 spiro atoms. The number of rotatable bonds is 3. The first-order valence-corrected chi connectivity index (χ1v) is 7.97. The zero-order valence-electron chi connectivity index (χ0n) is 13.3. The summed E-state index contributed by atoms with van der Waals surface area (Å²) in [5.74, 6) is -1.97. The van der Waals surface area contributed by atoms with E-state index in [1.54, 1.807) is 31.2 Å². The van der Waals surface area contributed by atoms with E-state index in [2.05, 4.69) is 16.0 Å². The lowest BCUT2D eigenvalue weighted by molar-refractivity contribution is -0.113. The number of amides is 1. The first kappa shape index (κ1) is 17.0. The first-order chi connectivity index (χ1) is 12.0. The van der Waals surface area contributed by atoms with Crippen molar-refractivity contribution in [2.24, 2.45) is 0 Å². The molecule has 4 nitrogen and oxygen atoms in total. The molecule has 128 valence electrons. The van der Waals surface area contributed by atoms with Gasteiger partial charge in [0, 0.05) is 11.4 Å². The van der Waals surface area contributed by atoms with E-state index >= 15 is 0 Å². The topological polar surface area (TPSA) is 53.2 Å². The van der Waals surface area contributed by atoms with Crippen LogP contribution in [-0.2, 0) is 4.79 Å². The van der Waals surface area contributed by atoms with Crippen molar-refractivity contribution in [3.8, 4) is 0 Å². The lowest BCUT2D eigenvalue weighted by Gasteiger charge is -2.30. The van der Waals surface area contributed by atoms with Gasteiger partial charge in [-0.15, -0.1) is 0 Å². The van der Waals surface area contributed by atoms with Crippen LogP contribution in [0.4, 0.5) is 14.5 Å². The van der Waals surface area contributed by atoms with Crippen LogP contribution in [0.25, 0.3) is 0 Å². The molecule has 1 amide bonds. The molecule has 0 fully saturated rings. The largest absolute Gasteiger partial charge is 0.351 e. The Bertz CT molecular complexity index is 848. The number of allylic oxidation sites excluding steroid dienone is 1. The SMILES string of the molecule is CC1=C(C(=O)Nc2ccccc2)C(c2c(F)cccc2F)NC(=S)N1. The van der Waals surface area contributed by atoms with E-state index < -0.39 is 23.6 Å². The Morgan fingerprint density at radius 2 is 1.72 bits per heavy atom. The molecule has 0 saturated carbocycles. The van der Waals surface area contributed by atoms with Gasteiger partial charge in [0.2, 0.25) is 0 Å². The minimum atomic E-state index is -1.03. The minimum absolute atomic E-state index is 0.168.